The Bertz CT molecular complexity index is 705. The molecule has 1 amide bonds. The van der Waals surface area contributed by atoms with Crippen LogP contribution in [0, 0.1) is 5.82 Å². The highest BCUT2D eigenvalue weighted by Gasteiger charge is 2.21. The summed E-state index contributed by atoms with van der Waals surface area (Å²) in [5.74, 6) is -0.968. The van der Waals surface area contributed by atoms with Crippen molar-refractivity contribution in [2.75, 3.05) is 7.11 Å². The smallest absolute Gasteiger partial charge is 0.319 e. The topological polar surface area (TPSA) is 94.3 Å². The summed E-state index contributed by atoms with van der Waals surface area (Å²) in [7, 11) is 1.32. The van der Waals surface area contributed by atoms with Crippen molar-refractivity contribution >= 4 is 23.6 Å². The van der Waals surface area contributed by atoms with E-state index in [9.17, 15) is 14.0 Å². The highest BCUT2D eigenvalue weighted by atomic mass is 32.2. The molecule has 0 spiro atoms. The fourth-order valence-electron chi connectivity index (χ4n) is 1.77. The van der Waals surface area contributed by atoms with Gasteiger partial charge in [0.25, 0.3) is 11.1 Å². The van der Waals surface area contributed by atoms with Crippen molar-refractivity contribution in [3.8, 4) is 0 Å². The number of ether oxygens (including phenoxy) is 1. The largest absolute Gasteiger partial charge is 0.468 e. The number of thioether (sulfide) groups is 1. The summed E-state index contributed by atoms with van der Waals surface area (Å²) >= 11 is 1.11. The Labute approximate surface area is 142 Å². The van der Waals surface area contributed by atoms with Crippen LogP contribution in [0.2, 0.25) is 0 Å². The molecule has 1 N–H and O–H groups in total. The van der Waals surface area contributed by atoms with Crippen molar-refractivity contribution in [2.24, 2.45) is 0 Å². The molecule has 0 aliphatic heterocycles. The first-order valence-corrected chi connectivity index (χ1v) is 8.02. The van der Waals surface area contributed by atoms with E-state index < -0.39 is 11.1 Å². The molecule has 0 saturated carbocycles. The first-order chi connectivity index (χ1) is 11.5. The zero-order valence-corrected chi connectivity index (χ0v) is 13.9. The van der Waals surface area contributed by atoms with Crippen LogP contribution in [0.3, 0.4) is 0 Å². The average molecular weight is 353 g/mol. The molecular weight excluding hydrogens is 337 g/mol. The lowest BCUT2D eigenvalue weighted by Gasteiger charge is -2.08. The van der Waals surface area contributed by atoms with Crippen LogP contribution in [-0.4, -0.2) is 34.4 Å². The van der Waals surface area contributed by atoms with Crippen molar-refractivity contribution in [3.05, 3.63) is 41.5 Å². The van der Waals surface area contributed by atoms with Crippen molar-refractivity contribution in [1.82, 2.24) is 15.5 Å². The summed E-state index contributed by atoms with van der Waals surface area (Å²) in [6.07, 6.45) is 0.552. The number of hydrogen-bond acceptors (Lipinski definition) is 7. The number of methoxy groups -OCH3 is 1. The molecule has 24 heavy (non-hydrogen) atoms. The van der Waals surface area contributed by atoms with Crippen LogP contribution in [0.1, 0.15) is 29.6 Å². The number of carbonyl (C=O) groups is 2. The normalized spacial score (nSPS) is 11.8. The van der Waals surface area contributed by atoms with Gasteiger partial charge in [-0.25, -0.2) is 4.39 Å². The van der Waals surface area contributed by atoms with Crippen LogP contribution in [-0.2, 0) is 16.1 Å². The quantitative estimate of drug-likeness (QED) is 0.602. The van der Waals surface area contributed by atoms with Crippen LogP contribution in [0.15, 0.2) is 33.9 Å². The van der Waals surface area contributed by atoms with Gasteiger partial charge in [-0.05, 0) is 30.7 Å². The highest BCUT2D eigenvalue weighted by Crippen LogP contribution is 2.24. The maximum atomic E-state index is 12.8. The Kier molecular flexibility index (Phi) is 6.30. The van der Waals surface area contributed by atoms with E-state index in [0.29, 0.717) is 12.0 Å². The van der Waals surface area contributed by atoms with Gasteiger partial charge in [-0.3, -0.25) is 9.59 Å². The summed E-state index contributed by atoms with van der Waals surface area (Å²) in [6.45, 7) is 1.87. The maximum Gasteiger partial charge on any atom is 0.319 e. The molecule has 7 nitrogen and oxygen atoms in total. The number of rotatable bonds is 7. The number of benzene rings is 1. The van der Waals surface area contributed by atoms with Gasteiger partial charge >= 0.3 is 5.97 Å². The van der Waals surface area contributed by atoms with Crippen molar-refractivity contribution in [2.45, 2.75) is 30.4 Å². The second-order valence-corrected chi connectivity index (χ2v) is 5.84. The Morgan fingerprint density at radius 3 is 2.67 bits per heavy atom. The summed E-state index contributed by atoms with van der Waals surface area (Å²) in [6, 6.07) is 5.16. The van der Waals surface area contributed by atoms with Gasteiger partial charge in [-0.15, -0.1) is 10.2 Å². The van der Waals surface area contributed by atoms with Gasteiger partial charge in [-0.2, -0.15) is 0 Å². The van der Waals surface area contributed by atoms with Crippen LogP contribution >= 0.6 is 11.8 Å². The molecule has 2 aromatic rings. The molecule has 1 aromatic carbocycles. The minimum absolute atomic E-state index is 0.0266. The molecule has 1 heterocycles. The maximum absolute atomic E-state index is 12.8. The first kappa shape index (κ1) is 17.9. The van der Waals surface area contributed by atoms with Crippen molar-refractivity contribution in [1.29, 1.82) is 0 Å². The lowest BCUT2D eigenvalue weighted by Crippen LogP contribution is -2.22. The van der Waals surface area contributed by atoms with Gasteiger partial charge in [0.1, 0.15) is 11.1 Å². The van der Waals surface area contributed by atoms with E-state index in [0.717, 1.165) is 11.8 Å². The molecular formula is C15H16FN3O4S. The van der Waals surface area contributed by atoms with Gasteiger partial charge < -0.3 is 14.5 Å². The number of halogens is 1. The van der Waals surface area contributed by atoms with Crippen LogP contribution in [0.5, 0.6) is 0 Å². The fraction of sp³-hybridized carbons (Fsp3) is 0.333. The Morgan fingerprint density at radius 1 is 1.33 bits per heavy atom. The predicted octanol–water partition coefficient (Wildman–Crippen LogP) is 2.18. The van der Waals surface area contributed by atoms with E-state index in [1.54, 1.807) is 0 Å². The lowest BCUT2D eigenvalue weighted by atomic mass is 10.2. The second kappa shape index (κ2) is 8.44. The molecule has 0 bridgehead atoms. The van der Waals surface area contributed by atoms with E-state index >= 15 is 0 Å². The van der Waals surface area contributed by atoms with Crippen molar-refractivity contribution in [3.63, 3.8) is 0 Å². The summed E-state index contributed by atoms with van der Waals surface area (Å²) in [5, 5.41) is 10.0. The van der Waals surface area contributed by atoms with E-state index in [1.807, 2.05) is 6.92 Å². The molecule has 0 fully saturated rings. The third-order valence-electron chi connectivity index (χ3n) is 3.03. The number of carbonyl (C=O) groups excluding carboxylic acids is 2. The van der Waals surface area contributed by atoms with E-state index in [1.165, 1.54) is 31.4 Å². The monoisotopic (exact) mass is 353 g/mol. The number of hydrogen-bond donors (Lipinski definition) is 1. The molecule has 1 atom stereocenters. The molecule has 0 saturated heterocycles. The summed E-state index contributed by atoms with van der Waals surface area (Å²) in [4.78, 5) is 23.4. The van der Waals surface area contributed by atoms with E-state index in [2.05, 4.69) is 20.3 Å². The van der Waals surface area contributed by atoms with Gasteiger partial charge in [0.2, 0.25) is 5.89 Å². The van der Waals surface area contributed by atoms with Gasteiger partial charge in [0.05, 0.1) is 13.7 Å². The molecule has 0 aliphatic carbocycles. The standard InChI is InChI=1S/C15H16FN3O4S/c1-3-11(14(21)22-2)24-15-19-18-12(23-15)8-17-13(20)9-4-6-10(16)7-5-9/h4-7,11H,3,8H2,1-2H3,(H,17,20)/t11-/m1/s1. The fourth-order valence-corrected chi connectivity index (χ4v) is 2.60. The molecule has 1 aromatic heterocycles. The molecule has 0 unspecified atom stereocenters. The highest BCUT2D eigenvalue weighted by molar-refractivity contribution is 8.00. The third kappa shape index (κ3) is 4.79. The van der Waals surface area contributed by atoms with Gasteiger partial charge in [0, 0.05) is 5.56 Å². The van der Waals surface area contributed by atoms with Crippen LogP contribution in [0.25, 0.3) is 0 Å². The minimum Gasteiger partial charge on any atom is -0.468 e. The Hall–Kier alpha value is -2.42. The first-order valence-electron chi connectivity index (χ1n) is 7.14. The van der Waals surface area contributed by atoms with Gasteiger partial charge in [0.15, 0.2) is 0 Å². The molecule has 128 valence electrons. The zero-order chi connectivity index (χ0) is 17.5. The Morgan fingerprint density at radius 2 is 2.04 bits per heavy atom. The molecule has 0 aliphatic rings. The Balaban J connectivity index is 1.90. The zero-order valence-electron chi connectivity index (χ0n) is 13.1. The number of aromatic nitrogens is 2. The minimum atomic E-state index is -0.433. The van der Waals surface area contributed by atoms with Crippen LogP contribution in [0.4, 0.5) is 4.39 Å². The molecule has 9 heteroatoms. The lowest BCUT2D eigenvalue weighted by molar-refractivity contribution is -0.140. The number of nitrogens with one attached hydrogen (secondary N) is 1. The molecule has 2 rings (SSSR count). The number of nitrogens with zero attached hydrogens (tertiary/aromatic N) is 2. The van der Waals surface area contributed by atoms with Crippen LogP contribution < -0.4 is 5.32 Å². The predicted molar refractivity (Wildman–Crippen MR) is 83.8 cm³/mol. The number of amides is 1. The third-order valence-corrected chi connectivity index (χ3v) is 4.21. The average Bonchev–Trinajstić information content (AvgIpc) is 3.05. The summed E-state index contributed by atoms with van der Waals surface area (Å²) in [5.41, 5.74) is 0.322. The molecule has 0 radical (unpaired) electrons. The second-order valence-electron chi connectivity index (χ2n) is 4.69. The van der Waals surface area contributed by atoms with Crippen molar-refractivity contribution < 1.29 is 23.1 Å². The number of esters is 1. The SMILES string of the molecule is CC[C@@H](Sc1nnc(CNC(=O)c2ccc(F)cc2)o1)C(=O)OC. The van der Waals surface area contributed by atoms with E-state index in [4.69, 9.17) is 4.42 Å². The van der Waals surface area contributed by atoms with E-state index in [-0.39, 0.29) is 29.5 Å². The summed E-state index contributed by atoms with van der Waals surface area (Å²) < 4.78 is 22.9. The van der Waals surface area contributed by atoms with Gasteiger partial charge in [-0.1, -0.05) is 18.7 Å².